The molecular formula is C21H45Cl2N. The molecule has 0 saturated carbocycles. The predicted molar refractivity (Wildman–Crippen MR) is 107 cm³/mol. The number of hydrogen-bond acceptors (Lipinski definition) is 0. The van der Waals surface area contributed by atoms with Crippen molar-refractivity contribution < 1.29 is 16.9 Å². The maximum Gasteiger partial charge on any atom is 0.0798 e. The van der Waals surface area contributed by atoms with Crippen LogP contribution in [0.2, 0.25) is 0 Å². The van der Waals surface area contributed by atoms with Crippen molar-refractivity contribution in [3.05, 3.63) is 0 Å². The lowest BCUT2D eigenvalue weighted by Crippen LogP contribution is -3.00. The molecule has 0 N–H and O–H groups in total. The Labute approximate surface area is 164 Å². The molecule has 24 heavy (non-hydrogen) atoms. The van der Waals surface area contributed by atoms with E-state index in [1.54, 1.807) is 0 Å². The van der Waals surface area contributed by atoms with Crippen LogP contribution in [0.25, 0.3) is 0 Å². The van der Waals surface area contributed by atoms with E-state index in [1.807, 2.05) is 0 Å². The van der Waals surface area contributed by atoms with Crippen LogP contribution in [0.3, 0.4) is 0 Å². The van der Waals surface area contributed by atoms with E-state index in [0.29, 0.717) is 0 Å². The highest BCUT2D eigenvalue weighted by Gasteiger charge is 2.25. The number of rotatable bonds is 18. The number of alkyl halides is 1. The summed E-state index contributed by atoms with van der Waals surface area (Å²) in [6.45, 7) is 12.4. The SMILES string of the molecule is CCCCCC[N+](CCCCl)(CCCCCC)CCCCCC.[Cl-]. The number of nitrogens with zero attached hydrogens (tertiary/aromatic N) is 1. The van der Waals surface area contributed by atoms with Gasteiger partial charge in [-0.05, 0) is 38.5 Å². The van der Waals surface area contributed by atoms with Gasteiger partial charge in [0.2, 0.25) is 0 Å². The zero-order valence-corrected chi connectivity index (χ0v) is 18.4. The van der Waals surface area contributed by atoms with Crippen LogP contribution < -0.4 is 12.4 Å². The molecule has 0 aliphatic heterocycles. The standard InChI is InChI=1S/C21H45ClN.ClH/c1-4-7-10-13-18-23(21-16-17-22,19-14-11-8-5-2)20-15-12-9-6-3;/h4-21H2,1-3H3;1H/q+1;/p-1. The largest absolute Gasteiger partial charge is 1.00 e. The summed E-state index contributed by atoms with van der Waals surface area (Å²) in [6, 6.07) is 0. The average Bonchev–Trinajstić information content (AvgIpc) is 2.57. The Balaban J connectivity index is 0. The van der Waals surface area contributed by atoms with Crippen molar-refractivity contribution in [2.24, 2.45) is 0 Å². The van der Waals surface area contributed by atoms with Crippen molar-refractivity contribution in [2.75, 3.05) is 32.1 Å². The minimum Gasteiger partial charge on any atom is -1.00 e. The Morgan fingerprint density at radius 3 is 1.12 bits per heavy atom. The molecule has 0 aromatic heterocycles. The van der Waals surface area contributed by atoms with E-state index in [4.69, 9.17) is 11.6 Å². The molecule has 0 fully saturated rings. The molecule has 0 rings (SSSR count). The Kier molecular flexibility index (Phi) is 22.1. The van der Waals surface area contributed by atoms with Gasteiger partial charge in [-0.1, -0.05) is 59.3 Å². The molecule has 0 aromatic rings. The number of halogens is 2. The molecule has 0 unspecified atom stereocenters. The van der Waals surface area contributed by atoms with Gasteiger partial charge in [-0.25, -0.2) is 0 Å². The zero-order chi connectivity index (χ0) is 17.2. The van der Waals surface area contributed by atoms with Gasteiger partial charge in [0.15, 0.2) is 0 Å². The lowest BCUT2D eigenvalue weighted by atomic mass is 10.1. The van der Waals surface area contributed by atoms with Gasteiger partial charge < -0.3 is 16.9 Å². The van der Waals surface area contributed by atoms with E-state index >= 15 is 0 Å². The van der Waals surface area contributed by atoms with Crippen molar-refractivity contribution in [3.63, 3.8) is 0 Å². The summed E-state index contributed by atoms with van der Waals surface area (Å²) in [7, 11) is 0. The summed E-state index contributed by atoms with van der Waals surface area (Å²) in [4.78, 5) is 0. The summed E-state index contributed by atoms with van der Waals surface area (Å²) in [5, 5.41) is 0. The fraction of sp³-hybridized carbons (Fsp3) is 1.00. The molecule has 1 nitrogen and oxygen atoms in total. The van der Waals surface area contributed by atoms with Crippen molar-refractivity contribution in [1.29, 1.82) is 0 Å². The first-order valence-electron chi connectivity index (χ1n) is 10.7. The van der Waals surface area contributed by atoms with Crippen LogP contribution in [0.15, 0.2) is 0 Å². The molecule has 0 heterocycles. The molecule has 0 aliphatic rings. The summed E-state index contributed by atoms with van der Waals surface area (Å²) >= 11 is 6.05. The smallest absolute Gasteiger partial charge is 0.0798 e. The second kappa shape index (κ2) is 19.9. The maximum absolute atomic E-state index is 6.05. The van der Waals surface area contributed by atoms with E-state index in [2.05, 4.69) is 20.8 Å². The summed E-state index contributed by atoms with van der Waals surface area (Å²) in [5.74, 6) is 0.832. The summed E-state index contributed by atoms with van der Waals surface area (Å²) < 4.78 is 1.36. The Morgan fingerprint density at radius 2 is 0.833 bits per heavy atom. The number of quaternary nitrogens is 1. The third-order valence-corrected chi connectivity index (χ3v) is 5.49. The van der Waals surface area contributed by atoms with Crippen LogP contribution in [0, 0.1) is 0 Å². The van der Waals surface area contributed by atoms with Crippen LogP contribution in [0.1, 0.15) is 104 Å². The van der Waals surface area contributed by atoms with Gasteiger partial charge in [-0.2, -0.15) is 0 Å². The first kappa shape index (κ1) is 26.8. The lowest BCUT2D eigenvalue weighted by molar-refractivity contribution is -0.928. The van der Waals surface area contributed by atoms with Crippen LogP contribution in [0.5, 0.6) is 0 Å². The highest BCUT2D eigenvalue weighted by Crippen LogP contribution is 2.18. The molecule has 0 aromatic carbocycles. The van der Waals surface area contributed by atoms with Crippen molar-refractivity contribution in [1.82, 2.24) is 0 Å². The predicted octanol–water partition coefficient (Wildman–Crippen LogP) is 4.18. The van der Waals surface area contributed by atoms with E-state index in [9.17, 15) is 0 Å². The third-order valence-electron chi connectivity index (χ3n) is 5.22. The molecule has 0 atom stereocenters. The molecule has 0 spiro atoms. The van der Waals surface area contributed by atoms with Crippen LogP contribution in [-0.2, 0) is 0 Å². The summed E-state index contributed by atoms with van der Waals surface area (Å²) in [5.41, 5.74) is 0. The second-order valence-electron chi connectivity index (χ2n) is 7.46. The highest BCUT2D eigenvalue weighted by atomic mass is 35.5. The Hall–Kier alpha value is 0.540. The molecule has 3 heteroatoms. The van der Waals surface area contributed by atoms with Crippen molar-refractivity contribution in [3.8, 4) is 0 Å². The first-order valence-corrected chi connectivity index (χ1v) is 11.2. The normalized spacial score (nSPS) is 11.5. The van der Waals surface area contributed by atoms with Crippen LogP contribution in [0.4, 0.5) is 0 Å². The molecule has 0 radical (unpaired) electrons. The number of unbranched alkanes of at least 4 members (excludes halogenated alkanes) is 9. The molecule has 148 valence electrons. The van der Waals surface area contributed by atoms with Gasteiger partial charge in [0.25, 0.3) is 0 Å². The molecule has 0 saturated heterocycles. The molecule has 0 amide bonds. The average molecular weight is 383 g/mol. The van der Waals surface area contributed by atoms with Crippen LogP contribution >= 0.6 is 11.6 Å². The minimum absolute atomic E-state index is 0. The van der Waals surface area contributed by atoms with Crippen molar-refractivity contribution >= 4 is 11.6 Å². The lowest BCUT2D eigenvalue weighted by Gasteiger charge is -2.39. The fourth-order valence-corrected chi connectivity index (χ4v) is 3.81. The van der Waals surface area contributed by atoms with E-state index in [-0.39, 0.29) is 12.4 Å². The van der Waals surface area contributed by atoms with Gasteiger partial charge >= 0.3 is 0 Å². The zero-order valence-electron chi connectivity index (χ0n) is 16.9. The highest BCUT2D eigenvalue weighted by molar-refractivity contribution is 6.17. The van der Waals surface area contributed by atoms with Gasteiger partial charge in [-0.3, -0.25) is 0 Å². The molecule has 0 aliphatic carbocycles. The van der Waals surface area contributed by atoms with Gasteiger partial charge in [0.1, 0.15) is 0 Å². The number of hydrogen-bond donors (Lipinski definition) is 0. The fourth-order valence-electron chi connectivity index (χ4n) is 3.69. The van der Waals surface area contributed by atoms with E-state index in [0.717, 1.165) is 5.88 Å². The topological polar surface area (TPSA) is 0 Å². The van der Waals surface area contributed by atoms with E-state index < -0.39 is 0 Å². The maximum atomic E-state index is 6.05. The first-order chi connectivity index (χ1) is 11.2. The third kappa shape index (κ3) is 14.8. The van der Waals surface area contributed by atoms with E-state index in [1.165, 1.54) is 114 Å². The Bertz CT molecular complexity index is 203. The van der Waals surface area contributed by atoms with Gasteiger partial charge in [-0.15, -0.1) is 11.6 Å². The molecular weight excluding hydrogens is 337 g/mol. The quantitative estimate of drug-likeness (QED) is 0.190. The van der Waals surface area contributed by atoms with Gasteiger partial charge in [0.05, 0.1) is 26.2 Å². The summed E-state index contributed by atoms with van der Waals surface area (Å²) in [6.07, 6.45) is 17.9. The van der Waals surface area contributed by atoms with Gasteiger partial charge in [0, 0.05) is 12.3 Å². The Morgan fingerprint density at radius 1 is 0.500 bits per heavy atom. The molecule has 0 bridgehead atoms. The second-order valence-corrected chi connectivity index (χ2v) is 7.84. The van der Waals surface area contributed by atoms with Crippen LogP contribution in [-0.4, -0.2) is 36.5 Å². The van der Waals surface area contributed by atoms with Crippen molar-refractivity contribution in [2.45, 2.75) is 104 Å². The monoisotopic (exact) mass is 381 g/mol. The minimum atomic E-state index is 0.